The van der Waals surface area contributed by atoms with Crippen molar-refractivity contribution in [3.8, 4) is 5.75 Å². The summed E-state index contributed by atoms with van der Waals surface area (Å²) in [6.45, 7) is 3.55. The molecule has 0 saturated heterocycles. The van der Waals surface area contributed by atoms with Crippen molar-refractivity contribution in [2.24, 2.45) is 5.10 Å². The van der Waals surface area contributed by atoms with E-state index in [0.717, 1.165) is 26.5 Å². The van der Waals surface area contributed by atoms with Crippen LogP contribution in [0.1, 0.15) is 19.4 Å². The van der Waals surface area contributed by atoms with Gasteiger partial charge in [-0.25, -0.2) is 5.43 Å². The predicted octanol–water partition coefficient (Wildman–Crippen LogP) is 4.91. The number of nitrogens with one attached hydrogen (secondary N) is 1. The van der Waals surface area contributed by atoms with E-state index in [-0.39, 0.29) is 5.91 Å². The lowest BCUT2D eigenvalue weighted by Gasteiger charge is -2.14. The van der Waals surface area contributed by atoms with Gasteiger partial charge in [0.05, 0.1) is 5.71 Å². The number of halogens is 1. The summed E-state index contributed by atoms with van der Waals surface area (Å²) < 4.78 is 6.75. The SMILES string of the molecule is C/C(=N\NC(=O)C(C)Oc1ccc2ccccc2c1)c1ccc(Br)cc1. The van der Waals surface area contributed by atoms with E-state index in [1.165, 1.54) is 0 Å². The first kappa shape index (κ1) is 18.1. The zero-order chi connectivity index (χ0) is 18.5. The van der Waals surface area contributed by atoms with Crippen LogP contribution in [0, 0.1) is 0 Å². The Balaban J connectivity index is 1.63. The van der Waals surface area contributed by atoms with Gasteiger partial charge in [-0.05, 0) is 54.4 Å². The molecule has 1 amide bonds. The van der Waals surface area contributed by atoms with E-state index in [0.29, 0.717) is 5.75 Å². The Hall–Kier alpha value is -2.66. The maximum atomic E-state index is 12.3. The standard InChI is InChI=1S/C21H19BrN2O2/c1-14(16-7-10-19(22)11-8-16)23-24-21(25)15(2)26-20-12-9-17-5-3-4-6-18(17)13-20/h3-13,15H,1-2H3,(H,24,25)/b23-14+. The van der Waals surface area contributed by atoms with Gasteiger partial charge in [0.1, 0.15) is 5.75 Å². The normalized spacial score (nSPS) is 12.7. The largest absolute Gasteiger partial charge is 0.481 e. The maximum absolute atomic E-state index is 12.3. The van der Waals surface area contributed by atoms with Gasteiger partial charge in [0.15, 0.2) is 6.10 Å². The molecule has 5 heteroatoms. The van der Waals surface area contributed by atoms with E-state index in [4.69, 9.17) is 4.74 Å². The fourth-order valence-electron chi connectivity index (χ4n) is 2.48. The highest BCUT2D eigenvalue weighted by atomic mass is 79.9. The Bertz CT molecular complexity index is 952. The Morgan fingerprint density at radius 3 is 2.46 bits per heavy atom. The average Bonchev–Trinajstić information content (AvgIpc) is 2.66. The van der Waals surface area contributed by atoms with Crippen molar-refractivity contribution in [1.29, 1.82) is 0 Å². The van der Waals surface area contributed by atoms with Crippen molar-refractivity contribution < 1.29 is 9.53 Å². The van der Waals surface area contributed by atoms with E-state index in [9.17, 15) is 4.79 Å². The van der Waals surface area contributed by atoms with Gasteiger partial charge in [-0.1, -0.05) is 58.4 Å². The Morgan fingerprint density at radius 1 is 1.04 bits per heavy atom. The summed E-state index contributed by atoms with van der Waals surface area (Å²) in [7, 11) is 0. The van der Waals surface area contributed by atoms with Gasteiger partial charge in [0, 0.05) is 4.47 Å². The fourth-order valence-corrected chi connectivity index (χ4v) is 2.75. The summed E-state index contributed by atoms with van der Waals surface area (Å²) in [6.07, 6.45) is -0.655. The molecule has 1 unspecified atom stereocenters. The van der Waals surface area contributed by atoms with Gasteiger partial charge in [-0.2, -0.15) is 5.10 Å². The number of hydrogen-bond acceptors (Lipinski definition) is 3. The molecule has 132 valence electrons. The van der Waals surface area contributed by atoms with Crippen LogP contribution in [0.4, 0.5) is 0 Å². The third-order valence-corrected chi connectivity index (χ3v) is 4.53. The minimum absolute atomic E-state index is 0.297. The zero-order valence-corrected chi connectivity index (χ0v) is 16.2. The van der Waals surface area contributed by atoms with Crippen molar-refractivity contribution in [1.82, 2.24) is 5.43 Å². The number of carbonyl (C=O) groups is 1. The second-order valence-corrected chi connectivity index (χ2v) is 6.86. The smallest absolute Gasteiger partial charge is 0.280 e. The molecule has 0 spiro atoms. The van der Waals surface area contributed by atoms with E-state index in [2.05, 4.69) is 26.5 Å². The summed E-state index contributed by atoms with van der Waals surface area (Å²) in [4.78, 5) is 12.3. The first-order chi connectivity index (χ1) is 12.5. The van der Waals surface area contributed by atoms with Crippen molar-refractivity contribution in [2.45, 2.75) is 20.0 Å². The summed E-state index contributed by atoms with van der Waals surface area (Å²) in [6, 6.07) is 21.5. The molecule has 0 radical (unpaired) electrons. The number of amides is 1. The van der Waals surface area contributed by atoms with Crippen molar-refractivity contribution >= 4 is 38.3 Å². The Kier molecular flexibility index (Phi) is 5.68. The second-order valence-electron chi connectivity index (χ2n) is 5.95. The van der Waals surface area contributed by atoms with Crippen LogP contribution in [-0.2, 0) is 4.79 Å². The molecule has 3 aromatic rings. The van der Waals surface area contributed by atoms with Crippen LogP contribution in [0.3, 0.4) is 0 Å². The lowest BCUT2D eigenvalue weighted by molar-refractivity contribution is -0.127. The number of benzene rings is 3. The van der Waals surface area contributed by atoms with Crippen molar-refractivity contribution in [3.05, 3.63) is 76.8 Å². The zero-order valence-electron chi connectivity index (χ0n) is 14.6. The van der Waals surface area contributed by atoms with E-state index in [1.54, 1.807) is 6.92 Å². The van der Waals surface area contributed by atoms with Gasteiger partial charge in [0.25, 0.3) is 5.91 Å². The van der Waals surface area contributed by atoms with Crippen LogP contribution in [0.15, 0.2) is 76.3 Å². The van der Waals surface area contributed by atoms with Crippen LogP contribution in [0.5, 0.6) is 5.75 Å². The third-order valence-electron chi connectivity index (χ3n) is 4.00. The number of nitrogens with zero attached hydrogens (tertiary/aromatic N) is 1. The van der Waals surface area contributed by atoms with Crippen LogP contribution < -0.4 is 10.2 Å². The molecule has 0 aliphatic rings. The first-order valence-corrected chi connectivity index (χ1v) is 9.08. The molecule has 3 rings (SSSR count). The number of hydrogen-bond donors (Lipinski definition) is 1. The van der Waals surface area contributed by atoms with Crippen LogP contribution in [-0.4, -0.2) is 17.7 Å². The summed E-state index contributed by atoms with van der Waals surface area (Å²) in [5.74, 6) is 0.356. The van der Waals surface area contributed by atoms with Gasteiger partial charge in [-0.15, -0.1) is 0 Å². The van der Waals surface area contributed by atoms with E-state index < -0.39 is 6.10 Å². The van der Waals surface area contributed by atoms with Gasteiger partial charge < -0.3 is 4.74 Å². The number of ether oxygens (including phenoxy) is 1. The molecule has 0 aliphatic carbocycles. The van der Waals surface area contributed by atoms with E-state index >= 15 is 0 Å². The quantitative estimate of drug-likeness (QED) is 0.479. The van der Waals surface area contributed by atoms with Crippen LogP contribution >= 0.6 is 15.9 Å². The van der Waals surface area contributed by atoms with Crippen molar-refractivity contribution in [3.63, 3.8) is 0 Å². The molecular weight excluding hydrogens is 392 g/mol. The Labute approximate surface area is 161 Å². The topological polar surface area (TPSA) is 50.7 Å². The van der Waals surface area contributed by atoms with Crippen molar-refractivity contribution in [2.75, 3.05) is 0 Å². The highest BCUT2D eigenvalue weighted by Crippen LogP contribution is 2.21. The molecule has 26 heavy (non-hydrogen) atoms. The molecule has 1 atom stereocenters. The van der Waals surface area contributed by atoms with E-state index in [1.807, 2.05) is 73.7 Å². The molecule has 0 fully saturated rings. The molecular formula is C21H19BrN2O2. The molecule has 0 bridgehead atoms. The monoisotopic (exact) mass is 410 g/mol. The van der Waals surface area contributed by atoms with Crippen LogP contribution in [0.25, 0.3) is 10.8 Å². The number of rotatable bonds is 5. The molecule has 4 nitrogen and oxygen atoms in total. The fraction of sp³-hybridized carbons (Fsp3) is 0.143. The second kappa shape index (κ2) is 8.15. The molecule has 0 aromatic heterocycles. The minimum Gasteiger partial charge on any atom is -0.481 e. The lowest BCUT2D eigenvalue weighted by Crippen LogP contribution is -2.33. The number of carbonyl (C=O) groups excluding carboxylic acids is 1. The van der Waals surface area contributed by atoms with Gasteiger partial charge in [0.2, 0.25) is 0 Å². The summed E-state index contributed by atoms with van der Waals surface area (Å²) in [5, 5.41) is 6.36. The predicted molar refractivity (Wildman–Crippen MR) is 109 cm³/mol. The molecule has 0 heterocycles. The summed E-state index contributed by atoms with van der Waals surface area (Å²) >= 11 is 3.40. The maximum Gasteiger partial charge on any atom is 0.280 e. The highest BCUT2D eigenvalue weighted by molar-refractivity contribution is 9.10. The van der Waals surface area contributed by atoms with Gasteiger partial charge >= 0.3 is 0 Å². The molecule has 0 aliphatic heterocycles. The molecule has 0 saturated carbocycles. The van der Waals surface area contributed by atoms with Gasteiger partial charge in [-0.3, -0.25) is 4.79 Å². The summed E-state index contributed by atoms with van der Waals surface area (Å²) in [5.41, 5.74) is 4.23. The first-order valence-electron chi connectivity index (χ1n) is 8.28. The lowest BCUT2D eigenvalue weighted by atomic mass is 10.1. The number of hydrazone groups is 1. The Morgan fingerprint density at radius 2 is 1.73 bits per heavy atom. The average molecular weight is 411 g/mol. The molecule has 1 N–H and O–H groups in total. The number of fused-ring (bicyclic) bond motifs is 1. The highest BCUT2D eigenvalue weighted by Gasteiger charge is 2.14. The minimum atomic E-state index is -0.655. The molecule has 3 aromatic carbocycles. The third kappa shape index (κ3) is 4.49. The van der Waals surface area contributed by atoms with Crippen LogP contribution in [0.2, 0.25) is 0 Å².